The number of hydrogen-bond donors (Lipinski definition) is 5. The van der Waals surface area contributed by atoms with Gasteiger partial charge in [0.05, 0.1) is 17.2 Å². The predicted molar refractivity (Wildman–Crippen MR) is 148 cm³/mol. The number of Topliss-reactive ketones (excluding diaryl/α,β-unsaturated/α-hetero) is 1. The number of carbonyl (C=O) groups excluding carboxylic acids is 2. The van der Waals surface area contributed by atoms with Gasteiger partial charge in [-0.25, -0.2) is 4.39 Å². The van der Waals surface area contributed by atoms with Crippen molar-refractivity contribution >= 4 is 11.7 Å². The summed E-state index contributed by atoms with van der Waals surface area (Å²) in [4.78, 5) is 29.7. The van der Waals surface area contributed by atoms with Gasteiger partial charge in [0.25, 0.3) is 5.91 Å². The summed E-state index contributed by atoms with van der Waals surface area (Å²) >= 11 is 0. The van der Waals surface area contributed by atoms with E-state index in [2.05, 4.69) is 25.3 Å². The number of halogens is 1. The number of ketones is 1. The Morgan fingerprint density at radius 1 is 1.27 bits per heavy atom. The second-order valence-corrected chi connectivity index (χ2v) is 12.0. The maximum atomic E-state index is 16.0. The number of nitrogens with two attached hydrogens (primary N) is 1. The number of aliphatic hydroxyl groups excluding tert-OH is 2. The number of amides is 1. The van der Waals surface area contributed by atoms with Crippen LogP contribution in [0.5, 0.6) is 5.75 Å². The molecule has 0 saturated carbocycles. The van der Waals surface area contributed by atoms with Gasteiger partial charge in [-0.15, -0.1) is 0 Å². The van der Waals surface area contributed by atoms with Crippen molar-refractivity contribution in [3.8, 4) is 5.75 Å². The van der Waals surface area contributed by atoms with E-state index in [1.54, 1.807) is 19.0 Å². The van der Waals surface area contributed by atoms with E-state index >= 15 is 4.39 Å². The van der Waals surface area contributed by atoms with E-state index in [-0.39, 0.29) is 53.0 Å². The van der Waals surface area contributed by atoms with Crippen molar-refractivity contribution in [3.05, 3.63) is 63.4 Å². The summed E-state index contributed by atoms with van der Waals surface area (Å²) in [6.07, 6.45) is 0.942. The quantitative estimate of drug-likeness (QED) is 0.328. The smallest absolute Gasteiger partial charge is 0.252 e. The molecular formula is C30H40FN3O6. The molecule has 10 heteroatoms. The van der Waals surface area contributed by atoms with Crippen LogP contribution >= 0.6 is 0 Å². The van der Waals surface area contributed by atoms with Gasteiger partial charge in [0, 0.05) is 41.3 Å². The summed E-state index contributed by atoms with van der Waals surface area (Å²) in [7, 11) is 3.27. The summed E-state index contributed by atoms with van der Waals surface area (Å²) in [6, 6.07) is 0.322. The van der Waals surface area contributed by atoms with E-state index < -0.39 is 58.1 Å². The molecule has 0 heterocycles. The van der Waals surface area contributed by atoms with Gasteiger partial charge in [-0.3, -0.25) is 19.4 Å². The number of carbonyl (C=O) groups is 2. The molecule has 0 fully saturated rings. The van der Waals surface area contributed by atoms with Gasteiger partial charge in [-0.2, -0.15) is 0 Å². The minimum absolute atomic E-state index is 0.00197. The van der Waals surface area contributed by atoms with E-state index in [0.717, 1.165) is 19.5 Å². The Morgan fingerprint density at radius 3 is 2.48 bits per heavy atom. The highest BCUT2D eigenvalue weighted by molar-refractivity contribution is 6.13. The zero-order valence-electron chi connectivity index (χ0n) is 23.8. The maximum Gasteiger partial charge on any atom is 0.252 e. The van der Waals surface area contributed by atoms with Crippen LogP contribution in [-0.4, -0.2) is 80.7 Å². The molecule has 1 aromatic rings. The van der Waals surface area contributed by atoms with Crippen LogP contribution in [0, 0.1) is 23.6 Å². The summed E-state index contributed by atoms with van der Waals surface area (Å²) < 4.78 is 16.0. The van der Waals surface area contributed by atoms with Gasteiger partial charge in [-0.05, 0) is 57.8 Å². The molecule has 0 saturated heterocycles. The lowest BCUT2D eigenvalue weighted by molar-refractivity contribution is -0.115. The van der Waals surface area contributed by atoms with Crippen molar-refractivity contribution in [3.63, 3.8) is 0 Å². The molecule has 9 nitrogen and oxygen atoms in total. The van der Waals surface area contributed by atoms with E-state index in [9.17, 15) is 30.0 Å². The Labute approximate surface area is 234 Å². The van der Waals surface area contributed by atoms with Crippen LogP contribution < -0.4 is 5.73 Å². The number of nitrogens with zero attached hydrogens (tertiary/aromatic N) is 2. The van der Waals surface area contributed by atoms with Gasteiger partial charge in [0.1, 0.15) is 23.1 Å². The molecule has 0 aliphatic heterocycles. The van der Waals surface area contributed by atoms with E-state index in [0.29, 0.717) is 5.92 Å². The lowest BCUT2D eigenvalue weighted by Gasteiger charge is -2.52. The zero-order valence-corrected chi connectivity index (χ0v) is 23.8. The molecule has 0 bridgehead atoms. The van der Waals surface area contributed by atoms with Gasteiger partial charge in [0.15, 0.2) is 11.4 Å². The third kappa shape index (κ3) is 4.52. The molecule has 4 atom stereocenters. The third-order valence-electron chi connectivity index (χ3n) is 8.48. The summed E-state index contributed by atoms with van der Waals surface area (Å²) in [5.74, 6) is -5.18. The average Bonchev–Trinajstić information content (AvgIpc) is 2.83. The van der Waals surface area contributed by atoms with Crippen LogP contribution in [0.2, 0.25) is 0 Å². The number of aliphatic hydroxyl groups is 3. The van der Waals surface area contributed by atoms with Gasteiger partial charge >= 0.3 is 0 Å². The maximum absolute atomic E-state index is 16.0. The van der Waals surface area contributed by atoms with Crippen molar-refractivity contribution < 1.29 is 34.4 Å². The highest BCUT2D eigenvalue weighted by atomic mass is 19.1. The number of primary amides is 1. The van der Waals surface area contributed by atoms with Crippen molar-refractivity contribution in [2.45, 2.75) is 58.2 Å². The number of phenols is 1. The Balaban J connectivity index is 1.84. The number of fused-ring (bicyclic) bond motifs is 3. The fourth-order valence-corrected chi connectivity index (χ4v) is 6.94. The molecule has 6 N–H and O–H groups in total. The van der Waals surface area contributed by atoms with Gasteiger partial charge in [-0.1, -0.05) is 27.4 Å². The summed E-state index contributed by atoms with van der Waals surface area (Å²) in [5, 5.41) is 45.3. The SMILES string of the molecule is C=C1C(C(N)=O)=C(O)[C@@H](N(C)C)[C@@H]2C[C@@H]3Cc4c(F)c(CN(CCC)CC(C)C)cc(O)c4C(=O)C3=C(O)[C@]12O. The molecule has 4 rings (SSSR count). The first-order valence-corrected chi connectivity index (χ1v) is 13.7. The summed E-state index contributed by atoms with van der Waals surface area (Å²) in [6.45, 7) is 11.7. The summed E-state index contributed by atoms with van der Waals surface area (Å²) in [5.41, 5.74) is 2.44. The molecule has 0 radical (unpaired) electrons. The number of aromatic hydroxyl groups is 1. The largest absolute Gasteiger partial charge is 0.510 e. The lowest BCUT2D eigenvalue weighted by atomic mass is 9.57. The van der Waals surface area contributed by atoms with E-state index in [1.807, 2.05) is 6.92 Å². The van der Waals surface area contributed by atoms with Crippen LogP contribution in [0.25, 0.3) is 0 Å². The number of hydrogen-bond acceptors (Lipinski definition) is 8. The van der Waals surface area contributed by atoms with E-state index in [4.69, 9.17) is 5.73 Å². The normalized spacial score (nSPS) is 26.5. The molecule has 0 unspecified atom stereocenters. The monoisotopic (exact) mass is 557 g/mol. The molecule has 3 aliphatic carbocycles. The highest BCUT2D eigenvalue weighted by Crippen LogP contribution is 2.55. The number of likely N-dealkylation sites (N-methyl/N-ethyl adjacent to an activating group) is 1. The second kappa shape index (κ2) is 10.6. The number of rotatable bonds is 8. The number of allylic oxidation sites excluding steroid dienone is 1. The third-order valence-corrected chi connectivity index (χ3v) is 8.48. The minimum Gasteiger partial charge on any atom is -0.510 e. The first kappa shape index (κ1) is 29.8. The van der Waals surface area contributed by atoms with Crippen molar-refractivity contribution in [2.24, 2.45) is 23.5 Å². The Hall–Kier alpha value is -3.21. The molecule has 218 valence electrons. The first-order valence-electron chi connectivity index (χ1n) is 13.7. The standard InChI is InChI=1S/C30H40FN3O6/c1-7-8-34(12-14(2)3)13-17-11-20(35)23-18(24(17)31)9-16-10-19-25(33(5)6)27(37)21(29(32)39)15(4)30(19,40)28(38)22(16)26(23)36/h11,14,16,19,25,35,37-38,40H,4,7-10,12-13H2,1-3,5-6H3,(H2,32,39)/t16-,19-,25-,30-/m0/s1. The van der Waals surface area contributed by atoms with Crippen LogP contribution in [0.4, 0.5) is 4.39 Å². The van der Waals surface area contributed by atoms with Crippen LogP contribution in [0.3, 0.4) is 0 Å². The van der Waals surface area contributed by atoms with Crippen molar-refractivity contribution in [2.75, 3.05) is 27.2 Å². The molecule has 0 aromatic heterocycles. The number of benzene rings is 1. The molecule has 1 aromatic carbocycles. The molecule has 3 aliphatic rings. The molecule has 0 spiro atoms. The average molecular weight is 558 g/mol. The van der Waals surface area contributed by atoms with Crippen LogP contribution in [0.1, 0.15) is 55.1 Å². The molecule has 40 heavy (non-hydrogen) atoms. The zero-order chi connectivity index (χ0) is 29.8. The Bertz CT molecular complexity index is 1330. The van der Waals surface area contributed by atoms with Crippen molar-refractivity contribution in [1.29, 1.82) is 0 Å². The van der Waals surface area contributed by atoms with E-state index in [1.165, 1.54) is 6.07 Å². The van der Waals surface area contributed by atoms with Crippen LogP contribution in [0.15, 0.2) is 40.9 Å². The first-order chi connectivity index (χ1) is 18.7. The fraction of sp³-hybridized carbons (Fsp3) is 0.533. The van der Waals surface area contributed by atoms with Crippen molar-refractivity contribution in [1.82, 2.24) is 9.80 Å². The second-order valence-electron chi connectivity index (χ2n) is 12.0. The molecular weight excluding hydrogens is 517 g/mol. The van der Waals surface area contributed by atoms with Gasteiger partial charge < -0.3 is 26.2 Å². The Morgan fingerprint density at radius 2 is 1.93 bits per heavy atom. The van der Waals surface area contributed by atoms with Crippen LogP contribution in [-0.2, 0) is 17.8 Å². The Kier molecular flexibility index (Phi) is 7.92. The topological polar surface area (TPSA) is 148 Å². The van der Waals surface area contributed by atoms with Gasteiger partial charge in [0.2, 0.25) is 0 Å². The minimum atomic E-state index is -2.28. The highest BCUT2D eigenvalue weighted by Gasteiger charge is 2.60. The predicted octanol–water partition coefficient (Wildman–Crippen LogP) is 3.11. The lowest BCUT2D eigenvalue weighted by Crippen LogP contribution is -2.60. The fourth-order valence-electron chi connectivity index (χ4n) is 6.94. The number of phenolic OH excluding ortho intramolecular Hbond substituents is 1. The molecule has 1 amide bonds.